The number of rotatable bonds is 7. The molecule has 0 saturated carbocycles. The van der Waals surface area contributed by atoms with Crippen molar-refractivity contribution in [3.63, 3.8) is 0 Å². The molecule has 0 aliphatic carbocycles. The van der Waals surface area contributed by atoms with Crippen LogP contribution in [-0.4, -0.2) is 33.2 Å². The summed E-state index contributed by atoms with van der Waals surface area (Å²) < 4.78 is 0. The van der Waals surface area contributed by atoms with Crippen LogP contribution < -0.4 is 10.6 Å². The van der Waals surface area contributed by atoms with Crippen molar-refractivity contribution in [3.05, 3.63) is 82.0 Å². The quantitative estimate of drug-likeness (QED) is 0.449. The number of nitrogens with zero attached hydrogens (tertiary/aromatic N) is 1. The van der Waals surface area contributed by atoms with Gasteiger partial charge in [0, 0.05) is 17.0 Å². The molecule has 0 radical (unpaired) electrons. The van der Waals surface area contributed by atoms with E-state index in [4.69, 9.17) is 11.6 Å². The molecular weight excluding hydrogens is 416 g/mol. The number of hydrogen-bond acceptors (Lipinski definition) is 4. The largest absolute Gasteiger partial charge is 0.378 e. The molecule has 0 saturated heterocycles. The van der Waals surface area contributed by atoms with Gasteiger partial charge in [-0.05, 0) is 42.7 Å². The van der Waals surface area contributed by atoms with Crippen LogP contribution in [0.1, 0.15) is 48.3 Å². The minimum absolute atomic E-state index is 0.0507. The Morgan fingerprint density at radius 1 is 1.06 bits per heavy atom. The summed E-state index contributed by atoms with van der Waals surface area (Å²) in [5.74, 6) is -0.631. The molecule has 1 aromatic heterocycles. The number of anilines is 1. The van der Waals surface area contributed by atoms with E-state index in [1.807, 2.05) is 32.0 Å². The average molecular weight is 441 g/mol. The second kappa shape index (κ2) is 9.76. The fraction of sp³-hybridized carbons (Fsp3) is 0.261. The minimum atomic E-state index is -1.40. The molecule has 3 aromatic rings. The molecule has 2 amide bonds. The summed E-state index contributed by atoms with van der Waals surface area (Å²) in [5.41, 5.74) is 3.50. The van der Waals surface area contributed by atoms with E-state index in [1.165, 1.54) is 12.5 Å². The summed E-state index contributed by atoms with van der Waals surface area (Å²) in [5, 5.41) is 23.0. The number of aliphatic hydroxyl groups excluding tert-OH is 1. The van der Waals surface area contributed by atoms with Gasteiger partial charge in [0.05, 0.1) is 5.69 Å². The first kappa shape index (κ1) is 22.5. The van der Waals surface area contributed by atoms with Crippen LogP contribution in [0.2, 0.25) is 5.02 Å². The van der Waals surface area contributed by atoms with Gasteiger partial charge >= 0.3 is 0 Å². The van der Waals surface area contributed by atoms with E-state index in [1.54, 1.807) is 30.3 Å². The lowest BCUT2D eigenvalue weighted by atomic mass is 9.94. The molecule has 1 heterocycles. The smallest absolute Gasteiger partial charge is 0.254 e. The Labute approximate surface area is 185 Å². The van der Waals surface area contributed by atoms with E-state index in [0.29, 0.717) is 16.4 Å². The maximum Gasteiger partial charge on any atom is 0.254 e. The molecule has 0 fully saturated rings. The Morgan fingerprint density at radius 2 is 1.74 bits per heavy atom. The Morgan fingerprint density at radius 3 is 2.42 bits per heavy atom. The predicted molar refractivity (Wildman–Crippen MR) is 120 cm³/mol. The van der Waals surface area contributed by atoms with Crippen molar-refractivity contribution in [2.75, 3.05) is 5.32 Å². The van der Waals surface area contributed by atoms with E-state index in [9.17, 15) is 14.7 Å². The van der Waals surface area contributed by atoms with Gasteiger partial charge in [0.1, 0.15) is 11.9 Å². The van der Waals surface area contributed by atoms with Gasteiger partial charge in [-0.15, -0.1) is 0 Å². The highest BCUT2D eigenvalue weighted by Crippen LogP contribution is 2.26. The first-order valence-corrected chi connectivity index (χ1v) is 10.3. The molecular formula is C23H25ClN4O3. The minimum Gasteiger partial charge on any atom is -0.378 e. The van der Waals surface area contributed by atoms with Crippen LogP contribution in [0.4, 0.5) is 5.82 Å². The maximum absolute atomic E-state index is 12.5. The lowest BCUT2D eigenvalue weighted by Gasteiger charge is -2.16. The van der Waals surface area contributed by atoms with Crippen molar-refractivity contribution in [1.82, 2.24) is 15.5 Å². The summed E-state index contributed by atoms with van der Waals surface area (Å²) >= 11 is 5.82. The van der Waals surface area contributed by atoms with Crippen molar-refractivity contribution in [2.24, 2.45) is 0 Å². The Bertz CT molecular complexity index is 1060. The van der Waals surface area contributed by atoms with Gasteiger partial charge in [0.25, 0.3) is 5.91 Å². The fourth-order valence-corrected chi connectivity index (χ4v) is 3.38. The van der Waals surface area contributed by atoms with Crippen molar-refractivity contribution in [3.8, 4) is 0 Å². The number of aryl methyl sites for hydroxylation is 1. The summed E-state index contributed by atoms with van der Waals surface area (Å²) in [7, 11) is 0. The number of aliphatic hydroxyl groups is 1. The number of aromatic nitrogens is 2. The number of H-pyrrole nitrogens is 1. The van der Waals surface area contributed by atoms with E-state index in [2.05, 4.69) is 26.9 Å². The van der Waals surface area contributed by atoms with E-state index >= 15 is 0 Å². The van der Waals surface area contributed by atoms with Gasteiger partial charge in [-0.1, -0.05) is 54.9 Å². The molecule has 0 aliphatic heterocycles. The molecule has 3 atom stereocenters. The molecule has 8 heteroatoms. The standard InChI is InChI=1S/C23H25ClN4O3/c1-13-6-4-5-7-18(13)14(2)19-12-20(28-27-19)26-22(30)15(3)25-23(31)21(29)16-8-10-17(24)11-9-16/h4-12,14-15,21,29H,1-3H3,(H,25,31)(H2,26,27,28,30). The van der Waals surface area contributed by atoms with Gasteiger partial charge in [-0.2, -0.15) is 5.10 Å². The highest BCUT2D eigenvalue weighted by atomic mass is 35.5. The number of nitrogens with one attached hydrogen (secondary N) is 3. The van der Waals surface area contributed by atoms with E-state index in [0.717, 1.165) is 11.3 Å². The molecule has 7 nitrogen and oxygen atoms in total. The van der Waals surface area contributed by atoms with Crippen LogP contribution in [0.5, 0.6) is 0 Å². The Kier molecular flexibility index (Phi) is 7.09. The van der Waals surface area contributed by atoms with E-state index in [-0.39, 0.29) is 5.92 Å². The number of halogens is 1. The number of aromatic amines is 1. The molecule has 0 spiro atoms. The number of benzene rings is 2. The molecule has 31 heavy (non-hydrogen) atoms. The second-order valence-electron chi connectivity index (χ2n) is 7.46. The monoisotopic (exact) mass is 440 g/mol. The number of amides is 2. The number of carbonyl (C=O) groups excluding carboxylic acids is 2. The lowest BCUT2D eigenvalue weighted by Crippen LogP contribution is -2.43. The third-order valence-electron chi connectivity index (χ3n) is 5.14. The fourth-order valence-electron chi connectivity index (χ4n) is 3.25. The third-order valence-corrected chi connectivity index (χ3v) is 5.39. The normalized spacial score (nSPS) is 13.8. The summed E-state index contributed by atoms with van der Waals surface area (Å²) in [6.45, 7) is 5.63. The lowest BCUT2D eigenvalue weighted by molar-refractivity contribution is -0.132. The van der Waals surface area contributed by atoms with Crippen LogP contribution in [0.25, 0.3) is 0 Å². The Balaban J connectivity index is 1.59. The zero-order valence-corrected chi connectivity index (χ0v) is 18.3. The Hall–Kier alpha value is -3.16. The zero-order chi connectivity index (χ0) is 22.5. The van der Waals surface area contributed by atoms with Crippen molar-refractivity contribution >= 4 is 29.2 Å². The first-order chi connectivity index (χ1) is 14.8. The SMILES string of the molecule is Cc1ccccc1C(C)c1cc(NC(=O)C(C)NC(=O)C(O)c2ccc(Cl)cc2)[nH]n1. The summed E-state index contributed by atoms with van der Waals surface area (Å²) in [6.07, 6.45) is -1.40. The van der Waals surface area contributed by atoms with Gasteiger partial charge in [-0.25, -0.2) is 0 Å². The molecule has 3 rings (SSSR count). The van der Waals surface area contributed by atoms with Crippen LogP contribution in [-0.2, 0) is 9.59 Å². The maximum atomic E-state index is 12.5. The molecule has 4 N–H and O–H groups in total. The van der Waals surface area contributed by atoms with Crippen LogP contribution in [0, 0.1) is 6.92 Å². The van der Waals surface area contributed by atoms with Gasteiger partial charge in [-0.3, -0.25) is 14.7 Å². The van der Waals surface area contributed by atoms with E-state index < -0.39 is 24.0 Å². The molecule has 3 unspecified atom stereocenters. The van der Waals surface area contributed by atoms with Crippen LogP contribution >= 0.6 is 11.6 Å². The van der Waals surface area contributed by atoms with Crippen LogP contribution in [0.3, 0.4) is 0 Å². The number of carbonyl (C=O) groups is 2. The van der Waals surface area contributed by atoms with Crippen molar-refractivity contribution in [1.29, 1.82) is 0 Å². The van der Waals surface area contributed by atoms with Crippen molar-refractivity contribution < 1.29 is 14.7 Å². The first-order valence-electron chi connectivity index (χ1n) is 9.92. The zero-order valence-electron chi connectivity index (χ0n) is 17.5. The summed E-state index contributed by atoms with van der Waals surface area (Å²) in [4.78, 5) is 24.8. The highest BCUT2D eigenvalue weighted by molar-refractivity contribution is 6.30. The van der Waals surface area contributed by atoms with Crippen LogP contribution in [0.15, 0.2) is 54.6 Å². The molecule has 162 valence electrons. The topological polar surface area (TPSA) is 107 Å². The number of hydrogen-bond donors (Lipinski definition) is 4. The van der Waals surface area contributed by atoms with Crippen molar-refractivity contribution in [2.45, 2.75) is 38.8 Å². The van der Waals surface area contributed by atoms with Gasteiger partial charge < -0.3 is 15.7 Å². The third kappa shape index (κ3) is 5.51. The molecule has 0 bridgehead atoms. The molecule has 0 aliphatic rings. The highest BCUT2D eigenvalue weighted by Gasteiger charge is 2.23. The molecule has 2 aromatic carbocycles. The van der Waals surface area contributed by atoms with Gasteiger partial charge in [0.2, 0.25) is 5.91 Å². The summed E-state index contributed by atoms with van der Waals surface area (Å²) in [6, 6.07) is 15.2. The second-order valence-corrected chi connectivity index (χ2v) is 7.89. The predicted octanol–water partition coefficient (Wildman–Crippen LogP) is 3.70. The average Bonchev–Trinajstić information content (AvgIpc) is 3.22. The van der Waals surface area contributed by atoms with Gasteiger partial charge in [0.15, 0.2) is 6.10 Å².